The zero-order chi connectivity index (χ0) is 32.4. The number of aryl methyl sites for hydroxylation is 3. The van der Waals surface area contributed by atoms with Gasteiger partial charge < -0.3 is 24.0 Å². The van der Waals surface area contributed by atoms with Crippen LogP contribution >= 0.6 is 0 Å². The van der Waals surface area contributed by atoms with E-state index < -0.39 is 11.1 Å². The van der Waals surface area contributed by atoms with Gasteiger partial charge in [-0.1, -0.05) is 6.07 Å². The second-order valence-electron chi connectivity index (χ2n) is 13.3. The Labute approximate surface area is 262 Å². The van der Waals surface area contributed by atoms with Crippen molar-refractivity contribution in [3.63, 3.8) is 0 Å². The summed E-state index contributed by atoms with van der Waals surface area (Å²) in [7, 11) is 3.37. The number of pyridine rings is 1. The molecular weight excluding hydrogens is 577 g/mol. The Morgan fingerprint density at radius 3 is 2.13 bits per heavy atom. The molecule has 0 radical (unpaired) electrons. The van der Waals surface area contributed by atoms with Crippen molar-refractivity contribution in [1.29, 1.82) is 0 Å². The van der Waals surface area contributed by atoms with E-state index in [1.807, 2.05) is 6.07 Å². The van der Waals surface area contributed by atoms with Gasteiger partial charge in [-0.05, 0) is 107 Å². The van der Waals surface area contributed by atoms with Gasteiger partial charge in [-0.25, -0.2) is 9.18 Å². The van der Waals surface area contributed by atoms with Crippen LogP contribution in [-0.4, -0.2) is 56.1 Å². The Bertz CT molecular complexity index is 1720. The normalized spacial score (nSPS) is 21.1. The van der Waals surface area contributed by atoms with Gasteiger partial charge in [-0.2, -0.15) is 0 Å². The van der Waals surface area contributed by atoms with Crippen molar-refractivity contribution in [3.8, 4) is 28.4 Å². The molecule has 10 heteroatoms. The molecule has 0 atom stereocenters. The highest BCUT2D eigenvalue weighted by Gasteiger charge is 2.64. The van der Waals surface area contributed by atoms with Gasteiger partial charge >= 0.3 is 6.03 Å². The van der Waals surface area contributed by atoms with Crippen molar-refractivity contribution in [2.24, 2.45) is 7.05 Å². The number of imide groups is 1. The van der Waals surface area contributed by atoms with Crippen LogP contribution in [0, 0.1) is 19.7 Å². The number of benzene rings is 2. The highest BCUT2D eigenvalue weighted by Crippen LogP contribution is 2.49. The summed E-state index contributed by atoms with van der Waals surface area (Å²) in [5.41, 5.74) is 1.05. The molecule has 1 spiro atoms. The summed E-state index contributed by atoms with van der Waals surface area (Å²) in [6.45, 7) is 6.94. The monoisotopic (exact) mass is 617 g/mol. The van der Waals surface area contributed by atoms with Crippen molar-refractivity contribution < 1.29 is 28.6 Å². The fraction of sp³-hybridized carbons (Fsp3) is 0.457. The van der Waals surface area contributed by atoms with Crippen LogP contribution in [0.15, 0.2) is 47.4 Å². The molecule has 1 aromatic heterocycles. The summed E-state index contributed by atoms with van der Waals surface area (Å²) in [4.78, 5) is 42.0. The number of hydrogen-bond acceptors (Lipinski definition) is 6. The van der Waals surface area contributed by atoms with E-state index in [1.165, 1.54) is 27.7 Å². The molecule has 2 saturated carbocycles. The highest BCUT2D eigenvalue weighted by atomic mass is 19.1. The van der Waals surface area contributed by atoms with E-state index in [0.717, 1.165) is 12.8 Å². The quantitative estimate of drug-likeness (QED) is 0.329. The fourth-order valence-corrected chi connectivity index (χ4v) is 6.68. The van der Waals surface area contributed by atoms with Crippen LogP contribution in [-0.2, 0) is 17.4 Å². The van der Waals surface area contributed by atoms with Crippen molar-refractivity contribution in [3.05, 3.63) is 75.5 Å². The summed E-state index contributed by atoms with van der Waals surface area (Å²) in [5.74, 6) is 0.910. The minimum absolute atomic E-state index is 0.0842. The Kier molecular flexibility index (Phi) is 7.54. The summed E-state index contributed by atoms with van der Waals surface area (Å²) in [6.07, 6.45) is 5.32. The molecule has 0 bridgehead atoms. The van der Waals surface area contributed by atoms with Gasteiger partial charge in [0, 0.05) is 43.5 Å². The first kappa shape index (κ1) is 30.8. The van der Waals surface area contributed by atoms with Crippen molar-refractivity contribution in [2.45, 2.75) is 89.5 Å². The molecule has 238 valence electrons. The number of ether oxygens (including phenoxy) is 2. The molecule has 3 amide bonds. The molecule has 2 heterocycles. The molecule has 1 N–H and O–H groups in total. The number of carbonyl (C=O) groups excluding carboxylic acids is 2. The molecule has 3 aromatic rings. The first-order chi connectivity index (χ1) is 21.2. The van der Waals surface area contributed by atoms with Gasteiger partial charge in [0.05, 0.1) is 11.7 Å². The molecule has 1 aliphatic heterocycles. The third-order valence-electron chi connectivity index (χ3n) is 9.58. The maximum atomic E-state index is 14.1. The van der Waals surface area contributed by atoms with Gasteiger partial charge in [-0.3, -0.25) is 14.5 Å². The van der Waals surface area contributed by atoms with Crippen molar-refractivity contribution in [1.82, 2.24) is 14.4 Å². The molecule has 3 aliphatic rings. The third kappa shape index (κ3) is 5.49. The first-order valence-electron chi connectivity index (χ1n) is 15.5. The van der Waals surface area contributed by atoms with Crippen LogP contribution in [0.5, 0.6) is 17.2 Å². The number of likely N-dealkylation sites (N-methyl/N-ethyl adjacent to an activating group) is 1. The zero-order valence-electron chi connectivity index (χ0n) is 26.6. The predicted octanol–water partition coefficient (Wildman–Crippen LogP) is 5.94. The minimum atomic E-state index is -1.16. The van der Waals surface area contributed by atoms with Gasteiger partial charge in [0.25, 0.3) is 11.5 Å². The summed E-state index contributed by atoms with van der Waals surface area (Å²) in [5, 5.41) is 10.9. The van der Waals surface area contributed by atoms with E-state index in [1.54, 1.807) is 65.0 Å². The summed E-state index contributed by atoms with van der Waals surface area (Å²) >= 11 is 0. The molecule has 9 nitrogen and oxygen atoms in total. The van der Waals surface area contributed by atoms with Crippen molar-refractivity contribution in [2.75, 3.05) is 7.05 Å². The van der Waals surface area contributed by atoms with Crippen LogP contribution in [0.2, 0.25) is 0 Å². The molecule has 3 fully saturated rings. The Hall–Kier alpha value is -4.18. The number of aromatic nitrogens is 1. The van der Waals surface area contributed by atoms with Crippen molar-refractivity contribution >= 4 is 11.9 Å². The van der Waals surface area contributed by atoms with E-state index >= 15 is 0 Å². The number of aliphatic hydroxyl groups is 1. The average molecular weight is 618 g/mol. The number of rotatable bonds is 7. The van der Waals surface area contributed by atoms with E-state index in [9.17, 15) is 23.9 Å². The van der Waals surface area contributed by atoms with Crippen LogP contribution in [0.4, 0.5) is 9.18 Å². The van der Waals surface area contributed by atoms with Crippen LogP contribution in [0.25, 0.3) is 11.1 Å². The molecule has 0 unspecified atom stereocenters. The number of hydrogen-bond donors (Lipinski definition) is 1. The van der Waals surface area contributed by atoms with Crippen LogP contribution in [0.1, 0.15) is 69.1 Å². The fourth-order valence-electron chi connectivity index (χ4n) is 6.68. The maximum absolute atomic E-state index is 14.1. The molecule has 6 rings (SSSR count). The number of urea groups is 1. The largest absolute Gasteiger partial charge is 0.490 e. The first-order valence-corrected chi connectivity index (χ1v) is 15.5. The van der Waals surface area contributed by atoms with Gasteiger partial charge in [0.15, 0.2) is 0 Å². The van der Waals surface area contributed by atoms with Crippen LogP contribution in [0.3, 0.4) is 0 Å². The van der Waals surface area contributed by atoms with Crippen LogP contribution < -0.4 is 15.0 Å². The minimum Gasteiger partial charge on any atom is -0.490 e. The second kappa shape index (κ2) is 11.0. The SMILES string of the molecule is Cc1cc(F)cc(C)c1Oc1ccc(C(C)(C)O)cc1-c1cn(C)c(=O)cc1O[C@H]1CC[C@H](N2C(=O)N(C)C3(CC3)C2=O)CC1. The second-order valence-corrected chi connectivity index (χ2v) is 13.3. The van der Waals surface area contributed by atoms with E-state index in [0.29, 0.717) is 70.7 Å². The lowest BCUT2D eigenvalue weighted by Gasteiger charge is -2.33. The Morgan fingerprint density at radius 2 is 1.56 bits per heavy atom. The Morgan fingerprint density at radius 1 is 0.911 bits per heavy atom. The standard InChI is InChI=1S/C35H40FN3O6/c1-20-15-23(36)16-21(2)31(20)45-28-12-7-22(34(3,4)43)17-26(28)27-19-37(5)30(40)18-29(27)44-25-10-8-24(9-11-25)39-32(41)35(13-14-35)38(6)33(39)42/h7,12,15-19,24-25,43H,8-11,13-14H2,1-6H3/t24-,25-. The smallest absolute Gasteiger partial charge is 0.327 e. The van der Waals surface area contributed by atoms with E-state index in [2.05, 4.69) is 0 Å². The topological polar surface area (TPSA) is 101 Å². The molecule has 1 saturated heterocycles. The van der Waals surface area contributed by atoms with Gasteiger partial charge in [-0.15, -0.1) is 0 Å². The predicted molar refractivity (Wildman–Crippen MR) is 167 cm³/mol. The molecule has 2 aliphatic carbocycles. The number of carbonyl (C=O) groups is 2. The number of nitrogens with zero attached hydrogens (tertiary/aromatic N) is 3. The highest BCUT2D eigenvalue weighted by molar-refractivity contribution is 6.09. The molecule has 45 heavy (non-hydrogen) atoms. The summed E-state index contributed by atoms with van der Waals surface area (Å²) < 4.78 is 28.5. The summed E-state index contributed by atoms with van der Waals surface area (Å²) in [6, 6.07) is 9.24. The maximum Gasteiger partial charge on any atom is 0.327 e. The lowest BCUT2D eigenvalue weighted by atomic mass is 9.91. The average Bonchev–Trinajstić information content (AvgIpc) is 3.76. The molecular formula is C35H40FN3O6. The lowest BCUT2D eigenvalue weighted by molar-refractivity contribution is -0.131. The van der Waals surface area contributed by atoms with E-state index in [-0.39, 0.29) is 35.5 Å². The number of halogens is 1. The van der Waals surface area contributed by atoms with E-state index in [4.69, 9.17) is 9.47 Å². The van der Waals surface area contributed by atoms with Gasteiger partial charge in [0.2, 0.25) is 0 Å². The zero-order valence-corrected chi connectivity index (χ0v) is 26.6. The van der Waals surface area contributed by atoms with Gasteiger partial charge in [0.1, 0.15) is 28.6 Å². The number of amides is 3. The molecule has 2 aromatic carbocycles. The lowest BCUT2D eigenvalue weighted by Crippen LogP contribution is -2.44. The third-order valence-corrected chi connectivity index (χ3v) is 9.58. The Balaban J connectivity index is 1.31.